The van der Waals surface area contributed by atoms with Gasteiger partial charge in [-0.1, -0.05) is 25.7 Å². The lowest BCUT2D eigenvalue weighted by atomic mass is 9.78. The summed E-state index contributed by atoms with van der Waals surface area (Å²) in [5, 5.41) is 12.3. The Morgan fingerprint density at radius 1 is 1.00 bits per heavy atom. The topological polar surface area (TPSA) is 66.4 Å². The molecule has 0 aromatic heterocycles. The number of amides is 1. The quantitative estimate of drug-likeness (QED) is 0.822. The zero-order valence-electron chi connectivity index (χ0n) is 11.7. The summed E-state index contributed by atoms with van der Waals surface area (Å²) < 4.78 is 0. The van der Waals surface area contributed by atoms with Crippen LogP contribution in [0.1, 0.15) is 58.3 Å². The molecule has 2 saturated carbocycles. The van der Waals surface area contributed by atoms with Gasteiger partial charge in [-0.25, -0.2) is 0 Å². The molecule has 3 unspecified atom stereocenters. The van der Waals surface area contributed by atoms with Crippen molar-refractivity contribution < 1.29 is 14.7 Å². The highest BCUT2D eigenvalue weighted by molar-refractivity contribution is 5.85. The minimum Gasteiger partial charge on any atom is -0.481 e. The minimum absolute atomic E-state index is 0.0356. The van der Waals surface area contributed by atoms with Crippen molar-refractivity contribution in [3.05, 3.63) is 0 Å². The van der Waals surface area contributed by atoms with Crippen LogP contribution >= 0.6 is 0 Å². The number of aliphatic carboxylic acids is 1. The van der Waals surface area contributed by atoms with Crippen LogP contribution in [0.25, 0.3) is 0 Å². The maximum Gasteiger partial charge on any atom is 0.307 e. The molecular formula is C15H25NO3. The zero-order chi connectivity index (χ0) is 13.8. The van der Waals surface area contributed by atoms with Crippen molar-refractivity contribution in [2.24, 2.45) is 17.8 Å². The van der Waals surface area contributed by atoms with Crippen molar-refractivity contribution in [1.29, 1.82) is 0 Å². The van der Waals surface area contributed by atoms with E-state index in [1.807, 2.05) is 0 Å². The van der Waals surface area contributed by atoms with Gasteiger partial charge in [0.05, 0.1) is 11.8 Å². The van der Waals surface area contributed by atoms with E-state index in [1.165, 1.54) is 25.7 Å². The van der Waals surface area contributed by atoms with E-state index >= 15 is 0 Å². The van der Waals surface area contributed by atoms with Crippen LogP contribution in [0.4, 0.5) is 0 Å². The summed E-state index contributed by atoms with van der Waals surface area (Å²) in [5.74, 6) is -1.07. The second kappa shape index (κ2) is 6.40. The fourth-order valence-electron chi connectivity index (χ4n) is 3.65. The summed E-state index contributed by atoms with van der Waals surface area (Å²) in [6.07, 6.45) is 8.16. The first-order chi connectivity index (χ1) is 9.09. The predicted octanol–water partition coefficient (Wildman–Crippen LogP) is 2.57. The molecule has 0 saturated heterocycles. The lowest BCUT2D eigenvalue weighted by Crippen LogP contribution is -2.45. The Labute approximate surface area is 115 Å². The third-order valence-corrected chi connectivity index (χ3v) is 4.90. The molecule has 108 valence electrons. The van der Waals surface area contributed by atoms with Gasteiger partial charge in [-0.2, -0.15) is 0 Å². The second-order valence-corrected chi connectivity index (χ2v) is 6.18. The molecule has 2 aliphatic rings. The fraction of sp³-hybridized carbons (Fsp3) is 0.867. The minimum atomic E-state index is -0.812. The molecule has 2 aliphatic carbocycles. The summed E-state index contributed by atoms with van der Waals surface area (Å²) >= 11 is 0. The van der Waals surface area contributed by atoms with Gasteiger partial charge in [0.2, 0.25) is 5.91 Å². The third-order valence-electron chi connectivity index (χ3n) is 4.90. The molecule has 0 spiro atoms. The van der Waals surface area contributed by atoms with E-state index in [1.54, 1.807) is 0 Å². The summed E-state index contributed by atoms with van der Waals surface area (Å²) in [5.41, 5.74) is 0. The lowest BCUT2D eigenvalue weighted by Gasteiger charge is -2.30. The molecule has 3 atom stereocenters. The van der Waals surface area contributed by atoms with Crippen LogP contribution in [0.3, 0.4) is 0 Å². The molecule has 2 N–H and O–H groups in total. The van der Waals surface area contributed by atoms with E-state index < -0.39 is 11.9 Å². The monoisotopic (exact) mass is 267 g/mol. The first kappa shape index (κ1) is 14.4. The van der Waals surface area contributed by atoms with Gasteiger partial charge in [-0.3, -0.25) is 9.59 Å². The molecule has 4 heteroatoms. The van der Waals surface area contributed by atoms with E-state index in [2.05, 4.69) is 12.2 Å². The Bertz CT molecular complexity index is 336. The van der Waals surface area contributed by atoms with Gasteiger partial charge in [0.25, 0.3) is 0 Å². The Balaban J connectivity index is 1.91. The number of rotatable bonds is 4. The molecular weight excluding hydrogens is 242 g/mol. The van der Waals surface area contributed by atoms with Gasteiger partial charge >= 0.3 is 5.97 Å². The summed E-state index contributed by atoms with van der Waals surface area (Å²) in [7, 11) is 0. The van der Waals surface area contributed by atoms with Crippen molar-refractivity contribution in [2.45, 2.75) is 64.3 Å². The molecule has 19 heavy (non-hydrogen) atoms. The Morgan fingerprint density at radius 3 is 2.11 bits per heavy atom. The number of hydrogen-bond acceptors (Lipinski definition) is 2. The highest BCUT2D eigenvalue weighted by Gasteiger charge is 2.36. The van der Waals surface area contributed by atoms with Crippen LogP contribution in [-0.2, 0) is 9.59 Å². The van der Waals surface area contributed by atoms with Crippen LogP contribution < -0.4 is 5.32 Å². The molecule has 4 nitrogen and oxygen atoms in total. The van der Waals surface area contributed by atoms with Crippen LogP contribution in [-0.4, -0.2) is 23.0 Å². The van der Waals surface area contributed by atoms with Crippen molar-refractivity contribution in [2.75, 3.05) is 0 Å². The normalized spacial score (nSPS) is 29.9. The Hall–Kier alpha value is -1.06. The maximum absolute atomic E-state index is 12.3. The summed E-state index contributed by atoms with van der Waals surface area (Å²) in [6.45, 7) is 2.06. The Morgan fingerprint density at radius 2 is 1.53 bits per heavy atom. The number of carbonyl (C=O) groups excluding carboxylic acids is 1. The highest BCUT2D eigenvalue weighted by atomic mass is 16.4. The van der Waals surface area contributed by atoms with Crippen molar-refractivity contribution in [1.82, 2.24) is 5.32 Å². The molecule has 2 rings (SSSR count). The van der Waals surface area contributed by atoms with E-state index in [0.29, 0.717) is 12.3 Å². The van der Waals surface area contributed by atoms with Gasteiger partial charge in [0.15, 0.2) is 0 Å². The number of hydrogen-bond donors (Lipinski definition) is 2. The number of carboxylic acids is 1. The van der Waals surface area contributed by atoms with Crippen molar-refractivity contribution in [3.63, 3.8) is 0 Å². The van der Waals surface area contributed by atoms with Crippen LogP contribution in [0.5, 0.6) is 0 Å². The largest absolute Gasteiger partial charge is 0.481 e. The van der Waals surface area contributed by atoms with Crippen LogP contribution in [0.15, 0.2) is 0 Å². The number of nitrogens with one attached hydrogen (secondary N) is 1. The van der Waals surface area contributed by atoms with Gasteiger partial charge in [-0.05, 0) is 38.5 Å². The molecule has 0 aromatic carbocycles. The van der Waals surface area contributed by atoms with E-state index in [4.69, 9.17) is 0 Å². The molecule has 0 bridgehead atoms. The molecule has 1 amide bonds. The lowest BCUT2D eigenvalue weighted by molar-refractivity contribution is -0.149. The summed E-state index contributed by atoms with van der Waals surface area (Å²) in [6, 6.07) is 0.186. The number of carboxylic acid groups (broad SMARTS) is 1. The standard InChI is InChI=1S/C15H25NO3/c1-10(11-6-2-3-7-11)16-14(17)12-8-4-5-9-13(12)15(18)19/h10-13H,2-9H2,1H3,(H,16,17)(H,18,19). The molecule has 0 radical (unpaired) electrons. The summed E-state index contributed by atoms with van der Waals surface area (Å²) in [4.78, 5) is 23.5. The van der Waals surface area contributed by atoms with Gasteiger partial charge in [-0.15, -0.1) is 0 Å². The fourth-order valence-corrected chi connectivity index (χ4v) is 3.65. The predicted molar refractivity (Wildman–Crippen MR) is 72.6 cm³/mol. The van der Waals surface area contributed by atoms with E-state index in [-0.39, 0.29) is 17.9 Å². The van der Waals surface area contributed by atoms with Gasteiger partial charge in [0.1, 0.15) is 0 Å². The Kier molecular flexibility index (Phi) is 4.83. The molecule has 0 aliphatic heterocycles. The molecule has 2 fully saturated rings. The van der Waals surface area contributed by atoms with E-state index in [9.17, 15) is 14.7 Å². The first-order valence-electron chi connectivity index (χ1n) is 7.62. The second-order valence-electron chi connectivity index (χ2n) is 6.18. The van der Waals surface area contributed by atoms with Crippen LogP contribution in [0.2, 0.25) is 0 Å². The van der Waals surface area contributed by atoms with Crippen molar-refractivity contribution >= 4 is 11.9 Å². The van der Waals surface area contributed by atoms with E-state index in [0.717, 1.165) is 19.3 Å². The molecule has 0 aromatic rings. The van der Waals surface area contributed by atoms with Crippen LogP contribution in [0, 0.1) is 17.8 Å². The number of carbonyl (C=O) groups is 2. The smallest absolute Gasteiger partial charge is 0.307 e. The van der Waals surface area contributed by atoms with Gasteiger partial charge in [0, 0.05) is 6.04 Å². The third kappa shape index (κ3) is 3.48. The zero-order valence-corrected chi connectivity index (χ0v) is 11.7. The molecule has 0 heterocycles. The SMILES string of the molecule is CC(NC(=O)C1CCCCC1C(=O)O)C1CCCC1. The maximum atomic E-state index is 12.3. The highest BCUT2D eigenvalue weighted by Crippen LogP contribution is 2.32. The average Bonchev–Trinajstić information content (AvgIpc) is 2.92. The average molecular weight is 267 g/mol. The first-order valence-corrected chi connectivity index (χ1v) is 7.62. The van der Waals surface area contributed by atoms with Gasteiger partial charge < -0.3 is 10.4 Å². The van der Waals surface area contributed by atoms with Crippen molar-refractivity contribution in [3.8, 4) is 0 Å².